The zero-order chi connectivity index (χ0) is 13.1. The number of rotatable bonds is 3. The second-order valence-corrected chi connectivity index (χ2v) is 4.75. The van der Waals surface area contributed by atoms with Crippen LogP contribution in [0, 0.1) is 0 Å². The molecule has 0 fully saturated rings. The second kappa shape index (κ2) is 5.77. The van der Waals surface area contributed by atoms with E-state index in [4.69, 9.17) is 23.2 Å². The van der Waals surface area contributed by atoms with Crippen LogP contribution in [0.4, 0.5) is 13.2 Å². The molecule has 0 bridgehead atoms. The highest BCUT2D eigenvalue weighted by Gasteiger charge is 2.29. The third-order valence-corrected chi connectivity index (χ3v) is 1.97. The van der Waals surface area contributed by atoms with Gasteiger partial charge in [0, 0.05) is 0 Å². The van der Waals surface area contributed by atoms with E-state index in [0.29, 0.717) is 0 Å². The van der Waals surface area contributed by atoms with E-state index < -0.39 is 34.2 Å². The fourth-order valence-electron chi connectivity index (χ4n) is 0.652. The predicted octanol–water partition coefficient (Wildman–Crippen LogP) is 3.62. The Bertz CT molecular complexity index is 298. The van der Waals surface area contributed by atoms with Crippen LogP contribution in [0.5, 0.6) is 0 Å². The standard InChI is InChI=1S/C9H11Cl2F3O2/c1-9(2,3)16-8(15)5(11)6(12)4(10)7(13)14/h4,7H,1-3H3/b6-5+. The van der Waals surface area contributed by atoms with Crippen LogP contribution >= 0.6 is 23.2 Å². The molecule has 94 valence electrons. The number of alkyl halides is 3. The predicted molar refractivity (Wildman–Crippen MR) is 55.5 cm³/mol. The molecule has 0 N–H and O–H groups in total. The average Bonchev–Trinajstić information content (AvgIpc) is 2.11. The first-order chi connectivity index (χ1) is 7.06. The lowest BCUT2D eigenvalue weighted by molar-refractivity contribution is -0.149. The van der Waals surface area contributed by atoms with Gasteiger partial charge in [-0.2, -0.15) is 0 Å². The van der Waals surface area contributed by atoms with E-state index in [1.165, 1.54) is 20.8 Å². The summed E-state index contributed by atoms with van der Waals surface area (Å²) >= 11 is 10.2. The Kier molecular flexibility index (Phi) is 5.62. The number of ether oxygens (including phenoxy) is 1. The highest BCUT2D eigenvalue weighted by atomic mass is 35.5. The van der Waals surface area contributed by atoms with E-state index in [1.807, 2.05) is 0 Å². The summed E-state index contributed by atoms with van der Waals surface area (Å²) in [6.45, 7) is 4.58. The van der Waals surface area contributed by atoms with Crippen molar-refractivity contribution in [3.8, 4) is 0 Å². The van der Waals surface area contributed by atoms with Crippen LogP contribution in [0.3, 0.4) is 0 Å². The first-order valence-electron chi connectivity index (χ1n) is 4.27. The fourth-order valence-corrected chi connectivity index (χ4v) is 0.973. The van der Waals surface area contributed by atoms with Crippen molar-refractivity contribution in [2.45, 2.75) is 38.2 Å². The minimum absolute atomic E-state index is 0.899. The molecule has 0 aromatic carbocycles. The van der Waals surface area contributed by atoms with Gasteiger partial charge in [0.25, 0.3) is 6.43 Å². The lowest BCUT2D eigenvalue weighted by Gasteiger charge is -2.19. The third kappa shape index (κ3) is 5.07. The van der Waals surface area contributed by atoms with Crippen LogP contribution in [0.2, 0.25) is 0 Å². The topological polar surface area (TPSA) is 26.3 Å². The molecular formula is C9H11Cl2F3O2. The van der Waals surface area contributed by atoms with Crippen molar-refractivity contribution in [3.05, 3.63) is 10.9 Å². The van der Waals surface area contributed by atoms with Gasteiger partial charge in [-0.25, -0.2) is 18.0 Å². The molecule has 0 spiro atoms. The summed E-state index contributed by atoms with van der Waals surface area (Å²) in [6.07, 6.45) is -3.15. The van der Waals surface area contributed by atoms with Gasteiger partial charge in [0.2, 0.25) is 0 Å². The minimum atomic E-state index is -3.15. The molecule has 0 aromatic heterocycles. The van der Waals surface area contributed by atoms with Gasteiger partial charge in [-0.05, 0) is 20.8 Å². The summed E-state index contributed by atoms with van der Waals surface area (Å²) in [5.41, 5.74) is -0.899. The van der Waals surface area contributed by atoms with Crippen molar-refractivity contribution in [2.24, 2.45) is 0 Å². The van der Waals surface area contributed by atoms with Crippen molar-refractivity contribution < 1.29 is 22.7 Å². The van der Waals surface area contributed by atoms with Gasteiger partial charge in [0.05, 0.1) is 0 Å². The molecule has 0 aliphatic rings. The molecule has 0 heterocycles. The molecule has 1 unspecified atom stereocenters. The summed E-state index contributed by atoms with van der Waals surface area (Å²) in [6, 6.07) is 0. The zero-order valence-electron chi connectivity index (χ0n) is 8.86. The van der Waals surface area contributed by atoms with Crippen LogP contribution in [0.1, 0.15) is 20.8 Å². The molecule has 16 heavy (non-hydrogen) atoms. The maximum absolute atomic E-state index is 13.1. The molecule has 1 atom stereocenters. The summed E-state index contributed by atoms with van der Waals surface area (Å²) in [5, 5.41) is -3.31. The van der Waals surface area contributed by atoms with Crippen LogP contribution in [-0.4, -0.2) is 23.4 Å². The Morgan fingerprint density at radius 1 is 1.31 bits per heavy atom. The van der Waals surface area contributed by atoms with Crippen LogP contribution in [0.25, 0.3) is 0 Å². The van der Waals surface area contributed by atoms with Crippen LogP contribution in [0.15, 0.2) is 10.9 Å². The lowest BCUT2D eigenvalue weighted by Crippen LogP contribution is -2.25. The Morgan fingerprint density at radius 2 is 1.75 bits per heavy atom. The molecule has 0 saturated heterocycles. The zero-order valence-corrected chi connectivity index (χ0v) is 10.4. The van der Waals surface area contributed by atoms with Gasteiger partial charge >= 0.3 is 5.97 Å². The molecular weight excluding hydrogens is 268 g/mol. The molecule has 0 aromatic rings. The molecule has 0 radical (unpaired) electrons. The average molecular weight is 279 g/mol. The van der Waals surface area contributed by atoms with Crippen LogP contribution < -0.4 is 0 Å². The third-order valence-electron chi connectivity index (χ3n) is 1.25. The Hall–Kier alpha value is -0.420. The monoisotopic (exact) mass is 278 g/mol. The van der Waals surface area contributed by atoms with E-state index >= 15 is 0 Å². The van der Waals surface area contributed by atoms with Crippen molar-refractivity contribution >= 4 is 29.2 Å². The molecule has 0 rings (SSSR count). The summed E-state index contributed by atoms with van der Waals surface area (Å²) in [4.78, 5) is 11.2. The minimum Gasteiger partial charge on any atom is -0.456 e. The van der Waals surface area contributed by atoms with Crippen molar-refractivity contribution in [1.82, 2.24) is 0 Å². The summed E-state index contributed by atoms with van der Waals surface area (Å²) in [5.74, 6) is -2.81. The first kappa shape index (κ1) is 15.6. The second-order valence-electron chi connectivity index (χ2n) is 3.90. The molecule has 7 heteroatoms. The van der Waals surface area contributed by atoms with Gasteiger partial charge in [0.1, 0.15) is 16.8 Å². The van der Waals surface area contributed by atoms with Crippen molar-refractivity contribution in [1.29, 1.82) is 0 Å². The molecule has 0 amide bonds. The van der Waals surface area contributed by atoms with E-state index in [2.05, 4.69) is 4.74 Å². The van der Waals surface area contributed by atoms with Gasteiger partial charge in [-0.1, -0.05) is 11.6 Å². The number of carbonyl (C=O) groups excluding carboxylic acids is 1. The molecule has 0 aliphatic heterocycles. The fraction of sp³-hybridized carbons (Fsp3) is 0.667. The Balaban J connectivity index is 4.82. The number of carbonyl (C=O) groups is 1. The number of esters is 1. The van der Waals surface area contributed by atoms with Crippen molar-refractivity contribution in [2.75, 3.05) is 0 Å². The summed E-state index contributed by atoms with van der Waals surface area (Å²) < 4.78 is 41.8. The Morgan fingerprint density at radius 3 is 2.06 bits per heavy atom. The van der Waals surface area contributed by atoms with E-state index in [1.54, 1.807) is 0 Å². The van der Waals surface area contributed by atoms with Gasteiger partial charge < -0.3 is 4.74 Å². The Labute approximate surface area is 101 Å². The SMILES string of the molecule is CC(C)(C)OC(=O)/C(Cl)=C(\F)C(Cl)C(F)F. The smallest absolute Gasteiger partial charge is 0.353 e. The normalized spacial score (nSPS) is 15.8. The summed E-state index contributed by atoms with van der Waals surface area (Å²) in [7, 11) is 0. The number of halogens is 5. The van der Waals surface area contributed by atoms with Gasteiger partial charge in [-0.15, -0.1) is 11.6 Å². The van der Waals surface area contributed by atoms with E-state index in [0.717, 1.165) is 0 Å². The lowest BCUT2D eigenvalue weighted by atomic mass is 10.2. The van der Waals surface area contributed by atoms with Crippen molar-refractivity contribution in [3.63, 3.8) is 0 Å². The quantitative estimate of drug-likeness (QED) is 0.448. The highest BCUT2D eigenvalue weighted by molar-refractivity contribution is 6.42. The number of hydrogen-bond acceptors (Lipinski definition) is 2. The maximum atomic E-state index is 13.1. The molecule has 0 saturated carbocycles. The molecule has 2 nitrogen and oxygen atoms in total. The number of hydrogen-bond donors (Lipinski definition) is 0. The van der Waals surface area contributed by atoms with Gasteiger partial charge in [-0.3, -0.25) is 0 Å². The maximum Gasteiger partial charge on any atom is 0.353 e. The van der Waals surface area contributed by atoms with E-state index in [9.17, 15) is 18.0 Å². The largest absolute Gasteiger partial charge is 0.456 e. The van der Waals surface area contributed by atoms with Crippen LogP contribution in [-0.2, 0) is 9.53 Å². The van der Waals surface area contributed by atoms with Gasteiger partial charge in [0.15, 0.2) is 5.03 Å². The molecule has 0 aliphatic carbocycles. The highest BCUT2D eigenvalue weighted by Crippen LogP contribution is 2.26. The first-order valence-corrected chi connectivity index (χ1v) is 5.08. The number of allylic oxidation sites excluding steroid dienone is 1. The van der Waals surface area contributed by atoms with E-state index in [-0.39, 0.29) is 0 Å².